The van der Waals surface area contributed by atoms with Gasteiger partial charge in [-0.25, -0.2) is 4.79 Å². The van der Waals surface area contributed by atoms with Gasteiger partial charge in [-0.2, -0.15) is 0 Å². The Morgan fingerprint density at radius 3 is 2.55 bits per heavy atom. The summed E-state index contributed by atoms with van der Waals surface area (Å²) in [6, 6.07) is 13.7. The molecule has 150 valence electrons. The van der Waals surface area contributed by atoms with Crippen molar-refractivity contribution in [3.05, 3.63) is 64.5 Å². The number of likely N-dealkylation sites (N-methyl/N-ethyl adjacent to an activating group) is 1. The van der Waals surface area contributed by atoms with Gasteiger partial charge in [0.05, 0.1) is 6.54 Å². The highest BCUT2D eigenvalue weighted by Crippen LogP contribution is 2.31. The van der Waals surface area contributed by atoms with E-state index >= 15 is 0 Å². The van der Waals surface area contributed by atoms with Gasteiger partial charge < -0.3 is 19.7 Å². The van der Waals surface area contributed by atoms with E-state index < -0.39 is 23.5 Å². The maximum Gasteiger partial charge on any atom is 0.336 e. The van der Waals surface area contributed by atoms with Crippen LogP contribution in [0.3, 0.4) is 0 Å². The lowest BCUT2D eigenvalue weighted by Gasteiger charge is -2.20. The Morgan fingerprint density at radius 2 is 1.86 bits per heavy atom. The van der Waals surface area contributed by atoms with Gasteiger partial charge in [-0.3, -0.25) is 9.59 Å². The van der Waals surface area contributed by atoms with Gasteiger partial charge in [0.1, 0.15) is 11.6 Å². The van der Waals surface area contributed by atoms with Gasteiger partial charge in [0.25, 0.3) is 0 Å². The molecule has 1 amide bonds. The number of carbonyl (C=O) groups excluding carboxylic acids is 1. The van der Waals surface area contributed by atoms with Crippen molar-refractivity contribution in [2.24, 2.45) is 0 Å². The number of rotatable bonds is 6. The maximum absolute atomic E-state index is 12.1. The van der Waals surface area contributed by atoms with Crippen LogP contribution in [0.1, 0.15) is 12.5 Å². The largest absolute Gasteiger partial charge is 0.480 e. The quantitative estimate of drug-likeness (QED) is 0.624. The smallest absolute Gasteiger partial charge is 0.336 e. The van der Waals surface area contributed by atoms with Crippen molar-refractivity contribution in [2.75, 3.05) is 18.5 Å². The predicted molar refractivity (Wildman–Crippen MR) is 111 cm³/mol. The second kappa shape index (κ2) is 8.18. The van der Waals surface area contributed by atoms with E-state index in [-0.39, 0.29) is 6.54 Å². The van der Waals surface area contributed by atoms with Crippen LogP contribution in [0.25, 0.3) is 22.1 Å². The van der Waals surface area contributed by atoms with Gasteiger partial charge in [-0.15, -0.1) is 0 Å². The van der Waals surface area contributed by atoms with Crippen molar-refractivity contribution in [1.82, 2.24) is 5.32 Å². The number of anilines is 1. The van der Waals surface area contributed by atoms with Crippen LogP contribution >= 0.6 is 0 Å². The molecule has 0 aliphatic heterocycles. The molecule has 0 unspecified atom stereocenters. The molecule has 0 fully saturated rings. The van der Waals surface area contributed by atoms with Crippen LogP contribution in [-0.2, 0) is 9.59 Å². The van der Waals surface area contributed by atoms with Gasteiger partial charge in [-0.05, 0) is 37.1 Å². The maximum atomic E-state index is 12.1. The molecule has 2 N–H and O–H groups in total. The molecule has 0 aliphatic carbocycles. The third kappa shape index (κ3) is 4.45. The molecule has 1 atom stereocenters. The number of nitrogens with zero attached hydrogens (tertiary/aromatic N) is 1. The van der Waals surface area contributed by atoms with Crippen LogP contribution in [0.4, 0.5) is 5.69 Å². The first kappa shape index (κ1) is 20.1. The Morgan fingerprint density at radius 1 is 1.14 bits per heavy atom. The summed E-state index contributed by atoms with van der Waals surface area (Å²) in [4.78, 5) is 36.7. The molecule has 3 rings (SSSR count). The summed E-state index contributed by atoms with van der Waals surface area (Å²) in [6.07, 6.45) is 0. The zero-order chi connectivity index (χ0) is 21.1. The predicted octanol–water partition coefficient (Wildman–Crippen LogP) is 2.79. The molecule has 2 aromatic carbocycles. The third-order valence-electron chi connectivity index (χ3n) is 4.73. The first-order valence-electron chi connectivity index (χ1n) is 9.13. The Labute approximate surface area is 167 Å². The van der Waals surface area contributed by atoms with Crippen LogP contribution in [0, 0.1) is 6.92 Å². The Hall–Kier alpha value is -3.61. The highest BCUT2D eigenvalue weighted by atomic mass is 16.4. The van der Waals surface area contributed by atoms with Crippen molar-refractivity contribution >= 4 is 28.5 Å². The van der Waals surface area contributed by atoms with Crippen LogP contribution in [0.15, 0.2) is 57.7 Å². The fourth-order valence-electron chi connectivity index (χ4n) is 3.14. The minimum atomic E-state index is -1.10. The summed E-state index contributed by atoms with van der Waals surface area (Å²) in [5.74, 6) is -1.52. The van der Waals surface area contributed by atoms with Crippen LogP contribution in [-0.4, -0.2) is 36.6 Å². The molecule has 0 bridgehead atoms. The van der Waals surface area contributed by atoms with Gasteiger partial charge in [0.2, 0.25) is 5.91 Å². The SMILES string of the molecule is Cc1ccccc1-c1cc(=O)oc2cc(N(C)CC(=O)N[C@H](C)C(=O)O)ccc12. The number of hydrogen-bond acceptors (Lipinski definition) is 5. The summed E-state index contributed by atoms with van der Waals surface area (Å²) in [5.41, 5.74) is 3.42. The summed E-state index contributed by atoms with van der Waals surface area (Å²) >= 11 is 0. The standard InChI is InChI=1S/C22H22N2O5/c1-13-6-4-5-7-16(13)18-11-21(26)29-19-10-15(8-9-17(18)19)24(3)12-20(25)23-14(2)22(27)28/h4-11,14H,12H2,1-3H3,(H,23,25)(H,27,28)/t14-/m1/s1. The van der Waals surface area contributed by atoms with E-state index in [1.807, 2.05) is 43.3 Å². The van der Waals surface area contributed by atoms with Gasteiger partial charge in [0.15, 0.2) is 0 Å². The summed E-state index contributed by atoms with van der Waals surface area (Å²) in [7, 11) is 1.70. The molecule has 0 saturated heterocycles. The lowest BCUT2D eigenvalue weighted by Crippen LogP contribution is -2.43. The Bertz CT molecular complexity index is 1140. The topological polar surface area (TPSA) is 99.9 Å². The minimum absolute atomic E-state index is 0.0369. The van der Waals surface area contributed by atoms with Crippen LogP contribution in [0.2, 0.25) is 0 Å². The average Bonchev–Trinajstić information content (AvgIpc) is 2.67. The molecule has 0 aliphatic rings. The average molecular weight is 394 g/mol. The molecule has 0 saturated carbocycles. The normalized spacial score (nSPS) is 11.8. The number of carboxylic acids is 1. The molecule has 29 heavy (non-hydrogen) atoms. The van der Waals surface area contributed by atoms with Crippen LogP contribution in [0.5, 0.6) is 0 Å². The lowest BCUT2D eigenvalue weighted by atomic mass is 9.98. The zero-order valence-corrected chi connectivity index (χ0v) is 16.4. The van der Waals surface area contributed by atoms with E-state index in [1.54, 1.807) is 18.0 Å². The highest BCUT2D eigenvalue weighted by Gasteiger charge is 2.16. The lowest BCUT2D eigenvalue weighted by molar-refractivity contribution is -0.141. The molecule has 7 heteroatoms. The van der Waals surface area contributed by atoms with E-state index in [1.165, 1.54) is 13.0 Å². The van der Waals surface area contributed by atoms with Crippen molar-refractivity contribution in [1.29, 1.82) is 0 Å². The van der Waals surface area contributed by atoms with Crippen molar-refractivity contribution in [3.63, 3.8) is 0 Å². The van der Waals surface area contributed by atoms with Crippen molar-refractivity contribution in [2.45, 2.75) is 19.9 Å². The number of carboxylic acid groups (broad SMARTS) is 1. The van der Waals surface area contributed by atoms with Crippen molar-refractivity contribution in [3.8, 4) is 11.1 Å². The second-order valence-corrected chi connectivity index (χ2v) is 6.96. The number of carbonyl (C=O) groups is 2. The number of hydrogen-bond donors (Lipinski definition) is 2. The monoisotopic (exact) mass is 394 g/mol. The van der Waals surface area contributed by atoms with Gasteiger partial charge in [-0.1, -0.05) is 24.3 Å². The van der Waals surface area contributed by atoms with Gasteiger partial charge in [0, 0.05) is 35.8 Å². The summed E-state index contributed by atoms with van der Waals surface area (Å²) in [5, 5.41) is 12.1. The second-order valence-electron chi connectivity index (χ2n) is 6.96. The number of aryl methyl sites for hydroxylation is 1. The number of benzene rings is 2. The van der Waals surface area contributed by atoms with Crippen molar-refractivity contribution < 1.29 is 19.1 Å². The van der Waals surface area contributed by atoms with E-state index in [2.05, 4.69) is 5.32 Å². The van der Waals surface area contributed by atoms with E-state index in [0.29, 0.717) is 11.3 Å². The molecule has 0 radical (unpaired) electrons. The Kier molecular flexibility index (Phi) is 5.68. The number of amides is 1. The zero-order valence-electron chi connectivity index (χ0n) is 16.4. The molecule has 0 spiro atoms. The first-order chi connectivity index (χ1) is 13.8. The fourth-order valence-corrected chi connectivity index (χ4v) is 3.14. The van der Waals surface area contributed by atoms with E-state index in [0.717, 1.165) is 22.1 Å². The molecular formula is C22H22N2O5. The third-order valence-corrected chi connectivity index (χ3v) is 4.73. The molecule has 7 nitrogen and oxygen atoms in total. The van der Waals surface area contributed by atoms with E-state index in [4.69, 9.17) is 9.52 Å². The van der Waals surface area contributed by atoms with Crippen LogP contribution < -0.4 is 15.8 Å². The van der Waals surface area contributed by atoms with Gasteiger partial charge >= 0.3 is 11.6 Å². The summed E-state index contributed by atoms with van der Waals surface area (Å²) < 4.78 is 5.40. The highest BCUT2D eigenvalue weighted by molar-refractivity contribution is 5.95. The molecular weight excluding hydrogens is 372 g/mol. The first-order valence-corrected chi connectivity index (χ1v) is 9.13. The molecule has 1 heterocycles. The van der Waals surface area contributed by atoms with E-state index in [9.17, 15) is 14.4 Å². The molecule has 1 aromatic heterocycles. The number of aliphatic carboxylic acids is 1. The number of nitrogens with one attached hydrogen (secondary N) is 1. The molecule has 3 aromatic rings. The fraction of sp³-hybridized carbons (Fsp3) is 0.227. The number of fused-ring (bicyclic) bond motifs is 1. The summed E-state index contributed by atoms with van der Waals surface area (Å²) in [6.45, 7) is 3.34. The Balaban J connectivity index is 1.93. The minimum Gasteiger partial charge on any atom is -0.480 e.